The van der Waals surface area contributed by atoms with Crippen LogP contribution in [0.2, 0.25) is 0 Å². The van der Waals surface area contributed by atoms with Crippen LogP contribution < -0.4 is 4.90 Å². The predicted molar refractivity (Wildman–Crippen MR) is 130 cm³/mol. The van der Waals surface area contributed by atoms with Gasteiger partial charge in [0.2, 0.25) is 0 Å². The second kappa shape index (κ2) is 9.25. The predicted octanol–water partition coefficient (Wildman–Crippen LogP) is 8.44. The van der Waals surface area contributed by atoms with E-state index >= 15 is 0 Å². The summed E-state index contributed by atoms with van der Waals surface area (Å²) in [5.74, 6) is 0. The highest BCUT2D eigenvalue weighted by Gasteiger charge is 2.12. The van der Waals surface area contributed by atoms with Crippen LogP contribution in [0.15, 0.2) is 124 Å². The highest BCUT2D eigenvalue weighted by Crippen LogP contribution is 2.32. The largest absolute Gasteiger partial charge is 0.317 e. The lowest BCUT2D eigenvalue weighted by Gasteiger charge is -2.23. The molecule has 0 atom stereocenters. The van der Waals surface area contributed by atoms with Gasteiger partial charge in [0.25, 0.3) is 0 Å². The van der Waals surface area contributed by atoms with Crippen molar-refractivity contribution < 1.29 is 0 Å². The summed E-state index contributed by atoms with van der Waals surface area (Å²) in [6.45, 7) is 0. The van der Waals surface area contributed by atoms with Crippen LogP contribution in [-0.2, 0) is 0 Å². The molecular formula is C26H19Br2N. The minimum absolute atomic E-state index is 1.06. The zero-order valence-corrected chi connectivity index (χ0v) is 18.8. The van der Waals surface area contributed by atoms with Crippen molar-refractivity contribution in [1.82, 2.24) is 0 Å². The maximum absolute atomic E-state index is 3.54. The molecule has 1 nitrogen and oxygen atoms in total. The Balaban J connectivity index is 1.90. The normalized spacial score (nSPS) is 10.4. The molecule has 0 N–H and O–H groups in total. The van der Waals surface area contributed by atoms with E-state index < -0.39 is 0 Å². The number of halogens is 2. The summed E-state index contributed by atoms with van der Waals surface area (Å²) in [5, 5.41) is 0. The van der Waals surface area contributed by atoms with Crippen molar-refractivity contribution in [2.45, 2.75) is 0 Å². The van der Waals surface area contributed by atoms with E-state index in [0.717, 1.165) is 25.9 Å². The summed E-state index contributed by atoms with van der Waals surface area (Å²) in [7, 11) is 0. The first kappa shape index (κ1) is 19.7. The van der Waals surface area contributed by atoms with E-state index in [0.29, 0.717) is 0 Å². The van der Waals surface area contributed by atoms with Crippen molar-refractivity contribution in [2.24, 2.45) is 0 Å². The third-order valence-corrected chi connectivity index (χ3v) is 5.69. The lowest BCUT2D eigenvalue weighted by molar-refractivity contribution is 1.27. The Morgan fingerprint density at radius 3 is 1.28 bits per heavy atom. The number of anilines is 2. The monoisotopic (exact) mass is 503 g/mol. The van der Waals surface area contributed by atoms with Gasteiger partial charge in [-0.2, -0.15) is 0 Å². The number of hydrogen-bond acceptors (Lipinski definition) is 1. The molecule has 0 saturated heterocycles. The van der Waals surface area contributed by atoms with Crippen LogP contribution in [0.25, 0.3) is 5.57 Å². The molecule has 4 aromatic carbocycles. The molecule has 0 amide bonds. The Kier molecular flexibility index (Phi) is 6.28. The summed E-state index contributed by atoms with van der Waals surface area (Å²) < 4.78 is 2.12. The van der Waals surface area contributed by atoms with Gasteiger partial charge in [0.1, 0.15) is 0 Å². The highest BCUT2D eigenvalue weighted by molar-refractivity contribution is 9.10. The van der Waals surface area contributed by atoms with Crippen molar-refractivity contribution in [1.29, 1.82) is 0 Å². The van der Waals surface area contributed by atoms with Gasteiger partial charge in [0.15, 0.2) is 0 Å². The van der Waals surface area contributed by atoms with Crippen LogP contribution in [0.1, 0.15) is 11.1 Å². The molecule has 4 aromatic rings. The van der Waals surface area contributed by atoms with Gasteiger partial charge in [-0.25, -0.2) is 0 Å². The van der Waals surface area contributed by atoms with Gasteiger partial charge in [-0.05, 0) is 59.7 Å². The van der Waals surface area contributed by atoms with E-state index in [-0.39, 0.29) is 0 Å². The Morgan fingerprint density at radius 2 is 0.897 bits per heavy atom. The first-order valence-electron chi connectivity index (χ1n) is 9.34. The third kappa shape index (κ3) is 4.87. The van der Waals surface area contributed by atoms with Crippen LogP contribution >= 0.6 is 31.9 Å². The van der Waals surface area contributed by atoms with E-state index in [9.17, 15) is 0 Å². The number of nitrogens with zero attached hydrogens (tertiary/aromatic N) is 1. The smallest absolute Gasteiger partial charge is 0.0456 e. The molecule has 0 fully saturated rings. The Bertz CT molecular complexity index is 1000. The average Bonchev–Trinajstić information content (AvgIpc) is 2.77. The summed E-state index contributed by atoms with van der Waals surface area (Å²) >= 11 is 7.09. The average molecular weight is 505 g/mol. The van der Waals surface area contributed by atoms with E-state index in [2.05, 4.69) is 140 Å². The molecule has 142 valence electrons. The van der Waals surface area contributed by atoms with Crippen molar-refractivity contribution in [3.63, 3.8) is 0 Å². The molecule has 0 heterocycles. The molecular weight excluding hydrogens is 486 g/mol. The zero-order chi connectivity index (χ0) is 20.1. The van der Waals surface area contributed by atoms with E-state index in [1.165, 1.54) is 11.1 Å². The van der Waals surface area contributed by atoms with Gasteiger partial charge in [-0.15, -0.1) is 0 Å². The first-order valence-corrected chi connectivity index (χ1v) is 10.9. The fourth-order valence-electron chi connectivity index (χ4n) is 3.18. The fraction of sp³-hybridized carbons (Fsp3) is 0. The molecule has 0 aliphatic carbocycles. The van der Waals surface area contributed by atoms with E-state index in [1.807, 2.05) is 12.1 Å². The van der Waals surface area contributed by atoms with Gasteiger partial charge in [-0.1, -0.05) is 92.5 Å². The molecule has 4 rings (SSSR count). The minimum Gasteiger partial charge on any atom is -0.317 e. The molecule has 0 unspecified atom stereocenters. The van der Waals surface area contributed by atoms with Crippen molar-refractivity contribution in [2.75, 3.05) is 4.90 Å². The second-order valence-corrected chi connectivity index (χ2v) is 8.43. The first-order chi connectivity index (χ1) is 14.2. The maximum Gasteiger partial charge on any atom is 0.0456 e. The Hall–Kier alpha value is -2.62. The van der Waals surface area contributed by atoms with Crippen LogP contribution in [0, 0.1) is 0 Å². The van der Waals surface area contributed by atoms with Crippen molar-refractivity contribution in [3.05, 3.63) is 135 Å². The van der Waals surface area contributed by atoms with Crippen LogP contribution in [0.4, 0.5) is 11.4 Å². The van der Waals surface area contributed by atoms with E-state index in [4.69, 9.17) is 0 Å². The zero-order valence-electron chi connectivity index (χ0n) is 15.7. The van der Waals surface area contributed by atoms with Gasteiger partial charge >= 0.3 is 0 Å². The molecule has 0 aliphatic rings. The summed E-state index contributed by atoms with van der Waals surface area (Å²) in [6.07, 6.45) is 2.22. The van der Waals surface area contributed by atoms with Gasteiger partial charge in [0, 0.05) is 32.1 Å². The number of benzene rings is 4. The van der Waals surface area contributed by atoms with Gasteiger partial charge in [-0.3, -0.25) is 0 Å². The standard InChI is InChI=1S/C26H19Br2N/c27-22-11-15-24(16-12-22)29(25-17-13-23(28)14-18-25)19-26(20-7-3-1-4-8-20)21-9-5-2-6-10-21/h1-19H. The molecule has 29 heavy (non-hydrogen) atoms. The third-order valence-electron chi connectivity index (χ3n) is 4.64. The number of rotatable bonds is 5. The molecule has 0 aromatic heterocycles. The lowest BCUT2D eigenvalue weighted by Crippen LogP contribution is -2.10. The second-order valence-electron chi connectivity index (χ2n) is 6.60. The summed E-state index contributed by atoms with van der Waals surface area (Å²) in [6, 6.07) is 37.8. The summed E-state index contributed by atoms with van der Waals surface area (Å²) in [5.41, 5.74) is 5.72. The van der Waals surface area contributed by atoms with Gasteiger partial charge in [0.05, 0.1) is 0 Å². The highest BCUT2D eigenvalue weighted by atomic mass is 79.9. The maximum atomic E-state index is 3.54. The van der Waals surface area contributed by atoms with Crippen LogP contribution in [0.3, 0.4) is 0 Å². The quantitative estimate of drug-likeness (QED) is 0.263. The minimum atomic E-state index is 1.06. The van der Waals surface area contributed by atoms with Crippen LogP contribution in [-0.4, -0.2) is 0 Å². The molecule has 3 heteroatoms. The molecule has 0 bridgehead atoms. The van der Waals surface area contributed by atoms with Crippen LogP contribution in [0.5, 0.6) is 0 Å². The van der Waals surface area contributed by atoms with Crippen molar-refractivity contribution in [3.8, 4) is 0 Å². The topological polar surface area (TPSA) is 3.24 Å². The van der Waals surface area contributed by atoms with Gasteiger partial charge < -0.3 is 4.90 Å². The fourth-order valence-corrected chi connectivity index (χ4v) is 3.71. The molecule has 0 saturated carbocycles. The molecule has 0 spiro atoms. The molecule has 0 radical (unpaired) electrons. The van der Waals surface area contributed by atoms with E-state index in [1.54, 1.807) is 0 Å². The lowest BCUT2D eigenvalue weighted by atomic mass is 9.98. The Morgan fingerprint density at radius 1 is 0.517 bits per heavy atom. The Labute approximate surface area is 188 Å². The number of hydrogen-bond donors (Lipinski definition) is 0. The van der Waals surface area contributed by atoms with Crippen molar-refractivity contribution >= 4 is 48.8 Å². The summed E-state index contributed by atoms with van der Waals surface area (Å²) in [4.78, 5) is 2.23. The SMILES string of the molecule is Brc1ccc(N(C=C(c2ccccc2)c2ccccc2)c2ccc(Br)cc2)cc1. The molecule has 0 aliphatic heterocycles.